The molecule has 1 aromatic rings. The van der Waals surface area contributed by atoms with Crippen LogP contribution in [0, 0.1) is 5.92 Å². The van der Waals surface area contributed by atoms with E-state index in [-0.39, 0.29) is 30.0 Å². The molecule has 0 aliphatic heterocycles. The number of rotatable bonds is 6. The number of nitrogens with one attached hydrogen (secondary N) is 1. The second-order valence-electron chi connectivity index (χ2n) is 5.43. The molecule has 0 unspecified atom stereocenters. The lowest BCUT2D eigenvalue weighted by atomic mass is 9.86. The minimum absolute atomic E-state index is 0.0263. The molecule has 1 fully saturated rings. The van der Waals surface area contributed by atoms with Crippen LogP contribution in [0.1, 0.15) is 36.0 Å². The Balaban J connectivity index is 1.95. The summed E-state index contributed by atoms with van der Waals surface area (Å²) in [5.41, 5.74) is 0.160. The van der Waals surface area contributed by atoms with Gasteiger partial charge in [-0.3, -0.25) is 4.79 Å². The molecule has 1 amide bonds. The van der Waals surface area contributed by atoms with E-state index in [9.17, 15) is 13.6 Å². The van der Waals surface area contributed by atoms with Crippen molar-refractivity contribution in [1.29, 1.82) is 0 Å². The maximum Gasteiger partial charge on any atom is 0.272 e. The first kappa shape index (κ1) is 16.6. The molecule has 0 radical (unpaired) electrons. The smallest absolute Gasteiger partial charge is 0.272 e. The highest BCUT2D eigenvalue weighted by molar-refractivity contribution is 5.96. The van der Waals surface area contributed by atoms with Crippen molar-refractivity contribution in [3.63, 3.8) is 0 Å². The number of nitrogens with zero attached hydrogens (tertiary/aromatic N) is 1. The maximum atomic E-state index is 12.3. The third-order valence-corrected chi connectivity index (χ3v) is 3.80. The average molecular weight is 314 g/mol. The van der Waals surface area contributed by atoms with Crippen molar-refractivity contribution < 1.29 is 23.4 Å². The van der Waals surface area contributed by atoms with Crippen LogP contribution in [0.15, 0.2) is 18.3 Å². The Bertz CT molecular complexity index is 491. The number of carbonyl (C=O) groups is 1. The SMILES string of the molecule is O=C(NC1CCC(CO)CC1)c1cccnc1OCC(F)F. The summed E-state index contributed by atoms with van der Waals surface area (Å²) in [5.74, 6) is -0.148. The summed E-state index contributed by atoms with van der Waals surface area (Å²) in [5, 5.41) is 12.0. The fourth-order valence-corrected chi connectivity index (χ4v) is 2.57. The first-order valence-corrected chi connectivity index (χ1v) is 7.37. The highest BCUT2D eigenvalue weighted by Crippen LogP contribution is 2.24. The summed E-state index contributed by atoms with van der Waals surface area (Å²) >= 11 is 0. The van der Waals surface area contributed by atoms with Gasteiger partial charge >= 0.3 is 0 Å². The fraction of sp³-hybridized carbons (Fsp3) is 0.600. The number of hydrogen-bond acceptors (Lipinski definition) is 4. The first-order valence-electron chi connectivity index (χ1n) is 7.37. The van der Waals surface area contributed by atoms with Gasteiger partial charge in [0.25, 0.3) is 12.3 Å². The van der Waals surface area contributed by atoms with Gasteiger partial charge in [-0.05, 0) is 43.7 Å². The van der Waals surface area contributed by atoms with Gasteiger partial charge in [0.2, 0.25) is 5.88 Å². The standard InChI is InChI=1S/C15H20F2N2O3/c16-13(17)9-22-15-12(2-1-7-18-15)14(21)19-11-5-3-10(8-20)4-6-11/h1-2,7,10-11,13,20H,3-6,8-9H2,(H,19,21). The molecule has 5 nitrogen and oxygen atoms in total. The lowest BCUT2D eigenvalue weighted by molar-refractivity contribution is 0.0767. The molecular formula is C15H20F2N2O3. The van der Waals surface area contributed by atoms with Gasteiger partial charge in [0.1, 0.15) is 5.56 Å². The van der Waals surface area contributed by atoms with Crippen molar-refractivity contribution in [2.75, 3.05) is 13.2 Å². The van der Waals surface area contributed by atoms with Gasteiger partial charge in [-0.25, -0.2) is 13.8 Å². The summed E-state index contributed by atoms with van der Waals surface area (Å²) in [4.78, 5) is 16.1. The molecule has 122 valence electrons. The van der Waals surface area contributed by atoms with Crippen molar-refractivity contribution in [2.24, 2.45) is 5.92 Å². The molecular weight excluding hydrogens is 294 g/mol. The van der Waals surface area contributed by atoms with E-state index in [1.807, 2.05) is 0 Å². The Morgan fingerprint density at radius 3 is 2.77 bits per heavy atom. The molecule has 1 aliphatic carbocycles. The van der Waals surface area contributed by atoms with E-state index in [0.717, 1.165) is 25.7 Å². The number of halogens is 2. The molecule has 0 aromatic carbocycles. The molecule has 2 N–H and O–H groups in total. The van der Waals surface area contributed by atoms with E-state index in [4.69, 9.17) is 9.84 Å². The molecule has 0 saturated heterocycles. The van der Waals surface area contributed by atoms with Gasteiger partial charge in [-0.2, -0.15) is 0 Å². The fourth-order valence-electron chi connectivity index (χ4n) is 2.57. The Hall–Kier alpha value is -1.76. The van der Waals surface area contributed by atoms with Crippen LogP contribution in [-0.2, 0) is 0 Å². The van der Waals surface area contributed by atoms with Crippen molar-refractivity contribution in [3.8, 4) is 5.88 Å². The minimum atomic E-state index is -2.62. The number of hydrogen-bond donors (Lipinski definition) is 2. The molecule has 2 rings (SSSR count). The van der Waals surface area contributed by atoms with Gasteiger partial charge in [0.15, 0.2) is 6.61 Å². The summed E-state index contributed by atoms with van der Waals surface area (Å²) in [6.07, 6.45) is 2.09. The Morgan fingerprint density at radius 2 is 2.14 bits per heavy atom. The molecule has 22 heavy (non-hydrogen) atoms. The van der Waals surface area contributed by atoms with Gasteiger partial charge in [-0.15, -0.1) is 0 Å². The summed E-state index contributed by atoms with van der Waals surface area (Å²) in [7, 11) is 0. The summed E-state index contributed by atoms with van der Waals surface area (Å²) in [6.45, 7) is -0.617. The number of carbonyl (C=O) groups excluding carboxylic acids is 1. The molecule has 1 aromatic heterocycles. The number of alkyl halides is 2. The molecule has 1 saturated carbocycles. The molecule has 7 heteroatoms. The van der Waals surface area contributed by atoms with E-state index in [1.54, 1.807) is 6.07 Å². The lowest BCUT2D eigenvalue weighted by Crippen LogP contribution is -2.38. The van der Waals surface area contributed by atoms with E-state index in [0.29, 0.717) is 5.92 Å². The van der Waals surface area contributed by atoms with Crippen LogP contribution in [0.3, 0.4) is 0 Å². The zero-order valence-corrected chi connectivity index (χ0v) is 12.2. The Kier molecular flexibility index (Phi) is 6.06. The minimum Gasteiger partial charge on any atom is -0.471 e. The zero-order valence-electron chi connectivity index (χ0n) is 12.2. The third-order valence-electron chi connectivity index (χ3n) is 3.80. The van der Waals surface area contributed by atoms with E-state index >= 15 is 0 Å². The first-order chi connectivity index (χ1) is 10.6. The van der Waals surface area contributed by atoms with Crippen molar-refractivity contribution in [2.45, 2.75) is 38.2 Å². The van der Waals surface area contributed by atoms with Crippen LogP contribution < -0.4 is 10.1 Å². The van der Waals surface area contributed by atoms with Gasteiger partial charge in [-0.1, -0.05) is 0 Å². The quantitative estimate of drug-likeness (QED) is 0.842. The molecule has 1 aliphatic rings. The van der Waals surface area contributed by atoms with Crippen LogP contribution in [0.5, 0.6) is 5.88 Å². The third kappa shape index (κ3) is 4.62. The number of ether oxygens (including phenoxy) is 1. The Labute approximate surface area is 127 Å². The largest absolute Gasteiger partial charge is 0.471 e. The van der Waals surface area contributed by atoms with Crippen molar-refractivity contribution in [3.05, 3.63) is 23.9 Å². The van der Waals surface area contributed by atoms with Crippen molar-refractivity contribution in [1.82, 2.24) is 10.3 Å². The van der Waals surface area contributed by atoms with E-state index < -0.39 is 13.0 Å². The van der Waals surface area contributed by atoms with Crippen LogP contribution in [-0.4, -0.2) is 41.7 Å². The lowest BCUT2D eigenvalue weighted by Gasteiger charge is -2.28. The highest BCUT2D eigenvalue weighted by atomic mass is 19.3. The monoisotopic (exact) mass is 314 g/mol. The predicted octanol–water partition coefficient (Wildman–Crippen LogP) is 2.01. The van der Waals surface area contributed by atoms with Crippen LogP contribution in [0.4, 0.5) is 8.78 Å². The molecule has 1 heterocycles. The topological polar surface area (TPSA) is 71.5 Å². The number of aliphatic hydroxyl groups is 1. The maximum absolute atomic E-state index is 12.3. The number of aliphatic hydroxyl groups excluding tert-OH is 1. The number of pyridine rings is 1. The highest BCUT2D eigenvalue weighted by Gasteiger charge is 2.23. The van der Waals surface area contributed by atoms with Gasteiger partial charge < -0.3 is 15.2 Å². The van der Waals surface area contributed by atoms with Crippen LogP contribution in [0.25, 0.3) is 0 Å². The number of aromatic nitrogens is 1. The summed E-state index contributed by atoms with van der Waals surface area (Å²) in [6, 6.07) is 3.09. The van der Waals surface area contributed by atoms with Crippen molar-refractivity contribution >= 4 is 5.91 Å². The van der Waals surface area contributed by atoms with Gasteiger partial charge in [0.05, 0.1) is 0 Å². The Morgan fingerprint density at radius 1 is 1.41 bits per heavy atom. The summed E-state index contributed by atoms with van der Waals surface area (Å²) < 4.78 is 29.3. The molecule has 0 atom stereocenters. The second-order valence-corrected chi connectivity index (χ2v) is 5.43. The van der Waals surface area contributed by atoms with E-state index in [1.165, 1.54) is 12.3 Å². The number of amides is 1. The zero-order chi connectivity index (χ0) is 15.9. The van der Waals surface area contributed by atoms with Crippen LogP contribution in [0.2, 0.25) is 0 Å². The molecule has 0 spiro atoms. The van der Waals surface area contributed by atoms with Gasteiger partial charge in [0, 0.05) is 18.8 Å². The second kappa shape index (κ2) is 8.03. The van der Waals surface area contributed by atoms with Crippen LogP contribution >= 0.6 is 0 Å². The van der Waals surface area contributed by atoms with E-state index in [2.05, 4.69) is 10.3 Å². The predicted molar refractivity (Wildman–Crippen MR) is 76.0 cm³/mol. The molecule has 0 bridgehead atoms. The average Bonchev–Trinajstić information content (AvgIpc) is 2.54. The normalized spacial score (nSPS) is 21.6.